The summed E-state index contributed by atoms with van der Waals surface area (Å²) in [4.78, 5) is 18.6. The maximum atomic E-state index is 12.5. The molecule has 1 amide bonds. The number of anilines is 3. The van der Waals surface area contributed by atoms with Crippen molar-refractivity contribution in [1.29, 1.82) is 0 Å². The second-order valence-corrected chi connectivity index (χ2v) is 6.51. The molecule has 0 radical (unpaired) electrons. The van der Waals surface area contributed by atoms with Gasteiger partial charge in [-0.2, -0.15) is 0 Å². The number of amides is 1. The molecule has 144 valence electrons. The Kier molecular flexibility index (Phi) is 6.11. The molecule has 0 aliphatic heterocycles. The molecule has 3 aromatic rings. The summed E-state index contributed by atoms with van der Waals surface area (Å²) in [6.07, 6.45) is 3.40. The number of aromatic nitrogens is 1. The van der Waals surface area contributed by atoms with Gasteiger partial charge in [0, 0.05) is 50.3 Å². The molecule has 3 rings (SSSR count). The van der Waals surface area contributed by atoms with Crippen molar-refractivity contribution in [1.82, 2.24) is 4.98 Å². The largest absolute Gasteiger partial charge is 0.487 e. The summed E-state index contributed by atoms with van der Waals surface area (Å²) in [5, 5.41) is 5.99. The number of benzene rings is 2. The molecule has 0 saturated carbocycles. The van der Waals surface area contributed by atoms with Gasteiger partial charge in [-0.3, -0.25) is 9.78 Å². The van der Waals surface area contributed by atoms with Gasteiger partial charge in [-0.1, -0.05) is 12.1 Å². The van der Waals surface area contributed by atoms with Gasteiger partial charge in [-0.05, 0) is 42.0 Å². The van der Waals surface area contributed by atoms with E-state index in [0.717, 1.165) is 28.4 Å². The first-order valence-corrected chi connectivity index (χ1v) is 8.99. The second kappa shape index (κ2) is 8.90. The van der Waals surface area contributed by atoms with Gasteiger partial charge in [0.1, 0.15) is 12.4 Å². The van der Waals surface area contributed by atoms with E-state index in [-0.39, 0.29) is 5.91 Å². The third-order valence-electron chi connectivity index (χ3n) is 4.28. The normalized spacial score (nSPS) is 10.2. The van der Waals surface area contributed by atoms with Gasteiger partial charge in [-0.25, -0.2) is 0 Å². The quantitative estimate of drug-likeness (QED) is 0.652. The Morgan fingerprint density at radius 2 is 1.89 bits per heavy atom. The van der Waals surface area contributed by atoms with Crippen molar-refractivity contribution in [3.8, 4) is 5.75 Å². The van der Waals surface area contributed by atoms with E-state index in [2.05, 4.69) is 15.6 Å². The lowest BCUT2D eigenvalue weighted by atomic mass is 10.1. The first kappa shape index (κ1) is 19.2. The Hall–Kier alpha value is -3.54. The predicted molar refractivity (Wildman–Crippen MR) is 113 cm³/mol. The number of pyridine rings is 1. The number of hydrogen-bond donors (Lipinski definition) is 2. The van der Waals surface area contributed by atoms with Crippen LogP contribution in [0.1, 0.15) is 15.9 Å². The minimum atomic E-state index is -0.144. The highest BCUT2D eigenvalue weighted by atomic mass is 16.5. The van der Waals surface area contributed by atoms with Gasteiger partial charge >= 0.3 is 0 Å². The molecule has 2 N–H and O–H groups in total. The zero-order valence-corrected chi connectivity index (χ0v) is 16.3. The summed E-state index contributed by atoms with van der Waals surface area (Å²) in [7, 11) is 5.76. The molecule has 0 bridgehead atoms. The first-order valence-electron chi connectivity index (χ1n) is 8.99. The van der Waals surface area contributed by atoms with E-state index in [9.17, 15) is 4.79 Å². The van der Waals surface area contributed by atoms with Crippen molar-refractivity contribution in [2.45, 2.75) is 6.61 Å². The van der Waals surface area contributed by atoms with Gasteiger partial charge in [0.05, 0.1) is 11.9 Å². The van der Waals surface area contributed by atoms with Crippen LogP contribution in [0.25, 0.3) is 0 Å². The number of hydrogen-bond acceptors (Lipinski definition) is 5. The molecule has 6 heteroatoms. The Morgan fingerprint density at radius 3 is 2.61 bits per heavy atom. The number of nitrogens with zero attached hydrogens (tertiary/aromatic N) is 2. The first-order chi connectivity index (χ1) is 13.6. The van der Waals surface area contributed by atoms with Crippen molar-refractivity contribution >= 4 is 23.0 Å². The smallest absolute Gasteiger partial charge is 0.255 e. The van der Waals surface area contributed by atoms with Crippen molar-refractivity contribution < 1.29 is 9.53 Å². The summed E-state index contributed by atoms with van der Waals surface area (Å²) in [6, 6.07) is 16.9. The fraction of sp³-hybridized carbons (Fsp3) is 0.182. The summed E-state index contributed by atoms with van der Waals surface area (Å²) >= 11 is 0. The lowest BCUT2D eigenvalue weighted by molar-refractivity contribution is 0.102. The summed E-state index contributed by atoms with van der Waals surface area (Å²) in [5.74, 6) is 0.586. The molecule has 1 aromatic heterocycles. The van der Waals surface area contributed by atoms with Gasteiger partial charge in [0.2, 0.25) is 0 Å². The summed E-state index contributed by atoms with van der Waals surface area (Å²) in [5.41, 5.74) is 4.18. The maximum Gasteiger partial charge on any atom is 0.255 e. The third kappa shape index (κ3) is 4.79. The van der Waals surface area contributed by atoms with Gasteiger partial charge < -0.3 is 20.3 Å². The minimum absolute atomic E-state index is 0.144. The highest BCUT2D eigenvalue weighted by Gasteiger charge is 2.08. The SMILES string of the molecule is CNc1cnccc1OCc1cccc(NC(=O)c2ccc(N(C)C)cc2)c1. The summed E-state index contributed by atoms with van der Waals surface area (Å²) in [6.45, 7) is 0.389. The Bertz CT molecular complexity index is 939. The topological polar surface area (TPSA) is 66.5 Å². The molecule has 6 nitrogen and oxygen atoms in total. The maximum absolute atomic E-state index is 12.5. The Labute approximate surface area is 165 Å². The minimum Gasteiger partial charge on any atom is -0.487 e. The molecule has 0 unspecified atom stereocenters. The number of carbonyl (C=O) groups is 1. The van der Waals surface area contributed by atoms with Crippen LogP contribution in [0.4, 0.5) is 17.1 Å². The van der Waals surface area contributed by atoms with Crippen LogP contribution in [0.3, 0.4) is 0 Å². The average Bonchev–Trinajstić information content (AvgIpc) is 2.72. The van der Waals surface area contributed by atoms with E-state index in [1.807, 2.05) is 80.6 Å². The fourth-order valence-electron chi connectivity index (χ4n) is 2.71. The molecule has 2 aromatic carbocycles. The Balaban J connectivity index is 1.65. The monoisotopic (exact) mass is 376 g/mol. The van der Waals surface area contributed by atoms with Crippen LogP contribution in [0.2, 0.25) is 0 Å². The van der Waals surface area contributed by atoms with Crippen LogP contribution >= 0.6 is 0 Å². The van der Waals surface area contributed by atoms with Gasteiger partial charge in [0.25, 0.3) is 5.91 Å². The van der Waals surface area contributed by atoms with Crippen LogP contribution in [0.15, 0.2) is 67.0 Å². The molecule has 0 aliphatic carbocycles. The molecule has 28 heavy (non-hydrogen) atoms. The standard InChI is InChI=1S/C22H24N4O2/c1-23-20-14-24-12-11-21(20)28-15-16-5-4-6-18(13-16)25-22(27)17-7-9-19(10-8-17)26(2)3/h4-14,23H,15H2,1-3H3,(H,25,27). The molecular formula is C22H24N4O2. The molecule has 0 atom stereocenters. The highest BCUT2D eigenvalue weighted by molar-refractivity contribution is 6.04. The fourth-order valence-corrected chi connectivity index (χ4v) is 2.71. The molecule has 0 saturated heterocycles. The number of carbonyl (C=O) groups excluding carboxylic acids is 1. The van der Waals surface area contributed by atoms with Crippen molar-refractivity contribution in [2.75, 3.05) is 36.7 Å². The molecule has 0 spiro atoms. The van der Waals surface area contributed by atoms with Gasteiger partial charge in [-0.15, -0.1) is 0 Å². The second-order valence-electron chi connectivity index (χ2n) is 6.51. The van der Waals surface area contributed by atoms with Gasteiger partial charge in [0.15, 0.2) is 0 Å². The molecule has 0 fully saturated rings. The van der Waals surface area contributed by atoms with E-state index in [0.29, 0.717) is 12.2 Å². The Morgan fingerprint density at radius 1 is 1.11 bits per heavy atom. The third-order valence-corrected chi connectivity index (χ3v) is 4.28. The predicted octanol–water partition coefficient (Wildman–Crippen LogP) is 4.02. The van der Waals surface area contributed by atoms with Crippen LogP contribution < -0.4 is 20.3 Å². The summed E-state index contributed by atoms with van der Waals surface area (Å²) < 4.78 is 5.87. The molecule has 0 aliphatic rings. The zero-order chi connectivity index (χ0) is 19.9. The van der Waals surface area contributed by atoms with Crippen molar-refractivity contribution in [3.05, 3.63) is 78.1 Å². The lowest BCUT2D eigenvalue weighted by Gasteiger charge is -2.13. The molecular weight excluding hydrogens is 352 g/mol. The number of rotatable bonds is 7. The number of nitrogens with one attached hydrogen (secondary N) is 2. The van der Waals surface area contributed by atoms with E-state index in [4.69, 9.17) is 4.74 Å². The van der Waals surface area contributed by atoms with E-state index < -0.39 is 0 Å². The van der Waals surface area contributed by atoms with Crippen LogP contribution in [-0.2, 0) is 6.61 Å². The van der Waals surface area contributed by atoms with Crippen molar-refractivity contribution in [2.24, 2.45) is 0 Å². The van der Waals surface area contributed by atoms with Crippen LogP contribution in [0.5, 0.6) is 5.75 Å². The van der Waals surface area contributed by atoms with Crippen LogP contribution in [-0.4, -0.2) is 32.0 Å². The van der Waals surface area contributed by atoms with E-state index in [1.165, 1.54) is 0 Å². The van der Waals surface area contributed by atoms with Crippen LogP contribution in [0, 0.1) is 0 Å². The molecule has 1 heterocycles. The average molecular weight is 376 g/mol. The zero-order valence-electron chi connectivity index (χ0n) is 16.3. The lowest BCUT2D eigenvalue weighted by Crippen LogP contribution is -2.13. The number of ether oxygens (including phenoxy) is 1. The highest BCUT2D eigenvalue weighted by Crippen LogP contribution is 2.23. The van der Waals surface area contributed by atoms with E-state index >= 15 is 0 Å². The van der Waals surface area contributed by atoms with E-state index in [1.54, 1.807) is 12.4 Å². The van der Waals surface area contributed by atoms with Crippen molar-refractivity contribution in [3.63, 3.8) is 0 Å².